The van der Waals surface area contributed by atoms with Gasteiger partial charge in [-0.25, -0.2) is 4.39 Å². The zero-order valence-corrected chi connectivity index (χ0v) is 11.7. The fourth-order valence-corrected chi connectivity index (χ4v) is 3.67. The number of carbonyl (C=O) groups is 1. The molecule has 1 heterocycles. The van der Waals surface area contributed by atoms with Crippen LogP contribution >= 0.6 is 11.8 Å². The largest absolute Gasteiger partial charge is 0.496 e. The molecule has 2 aromatic rings. The first-order valence-electron chi connectivity index (χ1n) is 6.30. The van der Waals surface area contributed by atoms with Gasteiger partial charge in [0.15, 0.2) is 5.78 Å². The minimum atomic E-state index is -0.423. The van der Waals surface area contributed by atoms with E-state index in [1.165, 1.54) is 25.3 Å². The summed E-state index contributed by atoms with van der Waals surface area (Å²) in [7, 11) is 1.49. The van der Waals surface area contributed by atoms with Gasteiger partial charge < -0.3 is 4.74 Å². The molecule has 4 heteroatoms. The normalized spacial score (nSPS) is 16.8. The Balaban J connectivity index is 2.00. The maximum atomic E-state index is 13.4. The van der Waals surface area contributed by atoms with Gasteiger partial charge in [0, 0.05) is 10.6 Å². The minimum Gasteiger partial charge on any atom is -0.496 e. The van der Waals surface area contributed by atoms with Crippen molar-refractivity contribution in [2.24, 2.45) is 0 Å². The smallest absolute Gasteiger partial charge is 0.175 e. The van der Waals surface area contributed by atoms with Crippen LogP contribution in [0.15, 0.2) is 47.4 Å². The highest BCUT2D eigenvalue weighted by atomic mass is 32.2. The van der Waals surface area contributed by atoms with Crippen LogP contribution in [0, 0.1) is 5.82 Å². The van der Waals surface area contributed by atoms with Gasteiger partial charge in [0.05, 0.1) is 18.6 Å². The van der Waals surface area contributed by atoms with Crippen LogP contribution in [0.5, 0.6) is 5.75 Å². The zero-order chi connectivity index (χ0) is 14.1. The van der Waals surface area contributed by atoms with E-state index in [2.05, 4.69) is 0 Å². The van der Waals surface area contributed by atoms with E-state index in [0.717, 1.165) is 10.5 Å². The first kappa shape index (κ1) is 13.2. The predicted molar refractivity (Wildman–Crippen MR) is 77.2 cm³/mol. The van der Waals surface area contributed by atoms with E-state index in [0.29, 0.717) is 17.1 Å². The van der Waals surface area contributed by atoms with Crippen molar-refractivity contribution in [1.82, 2.24) is 0 Å². The summed E-state index contributed by atoms with van der Waals surface area (Å²) in [4.78, 5) is 13.8. The zero-order valence-electron chi connectivity index (χ0n) is 10.9. The molecule has 20 heavy (non-hydrogen) atoms. The van der Waals surface area contributed by atoms with E-state index in [1.54, 1.807) is 11.8 Å². The Morgan fingerprint density at radius 3 is 2.90 bits per heavy atom. The lowest BCUT2D eigenvalue weighted by molar-refractivity contribution is 0.0965. The molecular weight excluding hydrogens is 275 g/mol. The second kappa shape index (κ2) is 5.29. The highest BCUT2D eigenvalue weighted by Crippen LogP contribution is 2.41. The Morgan fingerprint density at radius 1 is 1.30 bits per heavy atom. The number of hydrogen-bond acceptors (Lipinski definition) is 3. The molecule has 0 aromatic heterocycles. The standard InChI is InChI=1S/C16H13FO2S/c1-19-14-7-6-10(17)8-12(14)16(18)13-9-20-15-5-3-2-4-11(13)15/h2-8,13H,9H2,1H3. The highest BCUT2D eigenvalue weighted by Gasteiger charge is 2.31. The number of Topliss-reactive ketones (excluding diaryl/α,β-unsaturated/α-hetero) is 1. The van der Waals surface area contributed by atoms with Gasteiger partial charge in [0.25, 0.3) is 0 Å². The van der Waals surface area contributed by atoms with Crippen molar-refractivity contribution in [3.63, 3.8) is 0 Å². The average Bonchev–Trinajstić information content (AvgIpc) is 2.90. The number of thioether (sulfide) groups is 1. The van der Waals surface area contributed by atoms with Crippen molar-refractivity contribution in [2.45, 2.75) is 10.8 Å². The molecule has 102 valence electrons. The first-order chi connectivity index (χ1) is 9.70. The minimum absolute atomic E-state index is 0.0844. The quantitative estimate of drug-likeness (QED) is 0.801. The Kier molecular flexibility index (Phi) is 3.49. The van der Waals surface area contributed by atoms with Gasteiger partial charge in [0.2, 0.25) is 0 Å². The monoisotopic (exact) mass is 288 g/mol. The summed E-state index contributed by atoms with van der Waals surface area (Å²) in [6.45, 7) is 0. The molecule has 0 saturated carbocycles. The summed E-state index contributed by atoms with van der Waals surface area (Å²) in [5.74, 6) is 0.377. The van der Waals surface area contributed by atoms with Gasteiger partial charge >= 0.3 is 0 Å². The number of halogens is 1. The number of hydrogen-bond donors (Lipinski definition) is 0. The topological polar surface area (TPSA) is 26.3 Å². The molecule has 2 aromatic carbocycles. The molecule has 0 saturated heterocycles. The van der Waals surface area contributed by atoms with Crippen LogP contribution in [-0.2, 0) is 0 Å². The lowest BCUT2D eigenvalue weighted by Gasteiger charge is -2.12. The van der Waals surface area contributed by atoms with Crippen LogP contribution in [-0.4, -0.2) is 18.6 Å². The number of carbonyl (C=O) groups excluding carboxylic acids is 1. The lowest BCUT2D eigenvalue weighted by Crippen LogP contribution is -2.14. The van der Waals surface area contributed by atoms with E-state index in [9.17, 15) is 9.18 Å². The van der Waals surface area contributed by atoms with E-state index < -0.39 is 5.82 Å². The fourth-order valence-electron chi connectivity index (χ4n) is 2.44. The highest BCUT2D eigenvalue weighted by molar-refractivity contribution is 7.99. The Labute approximate surface area is 121 Å². The molecule has 0 amide bonds. The SMILES string of the molecule is COc1ccc(F)cc1C(=O)C1CSc2ccccc21. The molecule has 0 fully saturated rings. The van der Waals surface area contributed by atoms with Crippen LogP contribution in [0.4, 0.5) is 4.39 Å². The number of ether oxygens (including phenoxy) is 1. The average molecular weight is 288 g/mol. The molecule has 1 aliphatic heterocycles. The third-order valence-electron chi connectivity index (χ3n) is 3.44. The summed E-state index contributed by atoms with van der Waals surface area (Å²) in [6.07, 6.45) is 0. The number of methoxy groups -OCH3 is 1. The van der Waals surface area contributed by atoms with Crippen molar-refractivity contribution in [3.05, 3.63) is 59.4 Å². The molecule has 1 atom stereocenters. The van der Waals surface area contributed by atoms with E-state index in [1.807, 2.05) is 24.3 Å². The molecule has 0 spiro atoms. The third kappa shape index (κ3) is 2.20. The third-order valence-corrected chi connectivity index (χ3v) is 4.63. The molecule has 1 aliphatic rings. The lowest BCUT2D eigenvalue weighted by atomic mass is 9.92. The number of fused-ring (bicyclic) bond motifs is 1. The van der Waals surface area contributed by atoms with Crippen molar-refractivity contribution >= 4 is 17.5 Å². The van der Waals surface area contributed by atoms with Crippen molar-refractivity contribution in [3.8, 4) is 5.75 Å². The fraction of sp³-hybridized carbons (Fsp3) is 0.188. The van der Waals surface area contributed by atoms with Gasteiger partial charge in [-0.2, -0.15) is 0 Å². The maximum Gasteiger partial charge on any atom is 0.175 e. The Hall–Kier alpha value is -1.81. The number of rotatable bonds is 3. The van der Waals surface area contributed by atoms with Crippen molar-refractivity contribution in [1.29, 1.82) is 0 Å². The van der Waals surface area contributed by atoms with Crippen LogP contribution in [0.1, 0.15) is 21.8 Å². The molecule has 0 bridgehead atoms. The van der Waals surface area contributed by atoms with Gasteiger partial charge in [-0.3, -0.25) is 4.79 Å². The van der Waals surface area contributed by atoms with Gasteiger partial charge in [0.1, 0.15) is 11.6 Å². The molecule has 3 rings (SSSR count). The Morgan fingerprint density at radius 2 is 2.10 bits per heavy atom. The molecule has 1 unspecified atom stereocenters. The summed E-state index contributed by atoms with van der Waals surface area (Å²) in [5, 5.41) is 0. The number of ketones is 1. The van der Waals surface area contributed by atoms with Crippen LogP contribution in [0.2, 0.25) is 0 Å². The summed E-state index contributed by atoms with van der Waals surface area (Å²) >= 11 is 1.66. The maximum absolute atomic E-state index is 13.4. The second-order valence-corrected chi connectivity index (χ2v) is 5.67. The van der Waals surface area contributed by atoms with E-state index in [4.69, 9.17) is 4.74 Å². The van der Waals surface area contributed by atoms with Gasteiger partial charge in [-0.05, 0) is 29.8 Å². The van der Waals surface area contributed by atoms with Crippen molar-refractivity contribution in [2.75, 3.05) is 12.9 Å². The first-order valence-corrected chi connectivity index (χ1v) is 7.28. The summed E-state index contributed by atoms with van der Waals surface area (Å²) in [5.41, 5.74) is 1.34. The molecular formula is C16H13FO2S. The van der Waals surface area contributed by atoms with E-state index >= 15 is 0 Å². The summed E-state index contributed by atoms with van der Waals surface area (Å²) < 4.78 is 18.6. The predicted octanol–water partition coefficient (Wildman–Crippen LogP) is 3.91. The van der Waals surface area contributed by atoms with Crippen LogP contribution < -0.4 is 4.74 Å². The number of benzene rings is 2. The second-order valence-electron chi connectivity index (χ2n) is 4.61. The molecule has 0 N–H and O–H groups in total. The Bertz CT molecular complexity index is 669. The van der Waals surface area contributed by atoms with Crippen molar-refractivity contribution < 1.29 is 13.9 Å². The molecule has 0 radical (unpaired) electrons. The summed E-state index contributed by atoms with van der Waals surface area (Å²) in [6, 6.07) is 11.9. The molecule has 2 nitrogen and oxygen atoms in total. The molecule has 0 aliphatic carbocycles. The van der Waals surface area contributed by atoms with Crippen LogP contribution in [0.3, 0.4) is 0 Å². The van der Waals surface area contributed by atoms with E-state index in [-0.39, 0.29) is 11.7 Å². The van der Waals surface area contributed by atoms with Gasteiger partial charge in [-0.1, -0.05) is 18.2 Å². The van der Waals surface area contributed by atoms with Crippen LogP contribution in [0.25, 0.3) is 0 Å². The van der Waals surface area contributed by atoms with Gasteiger partial charge in [-0.15, -0.1) is 11.8 Å².